The molecule has 0 aromatic heterocycles. The third kappa shape index (κ3) is 7.84. The van der Waals surface area contributed by atoms with Gasteiger partial charge in [0.15, 0.2) is 5.75 Å². The van der Waals surface area contributed by atoms with Gasteiger partial charge in [-0.25, -0.2) is 0 Å². The molecule has 0 bridgehead atoms. The van der Waals surface area contributed by atoms with E-state index in [0.29, 0.717) is 28.1 Å². The van der Waals surface area contributed by atoms with Crippen molar-refractivity contribution in [1.29, 1.82) is 0 Å². The van der Waals surface area contributed by atoms with Crippen LogP contribution in [0.15, 0.2) is 54.6 Å². The highest BCUT2D eigenvalue weighted by Crippen LogP contribution is 2.36. The van der Waals surface area contributed by atoms with Gasteiger partial charge in [-0.1, -0.05) is 35.3 Å². The van der Waals surface area contributed by atoms with E-state index < -0.39 is 18.4 Å². The Hall–Kier alpha value is -3.34. The third-order valence-electron chi connectivity index (χ3n) is 4.84. The molecular weight excluding hydrogens is 524 g/mol. The van der Waals surface area contributed by atoms with Crippen molar-refractivity contribution in [3.8, 4) is 17.2 Å². The fraction of sp³-hybridized carbons (Fsp3) is 0.208. The first-order valence-electron chi connectivity index (χ1n) is 10.4. The Morgan fingerprint density at radius 1 is 0.944 bits per heavy atom. The fourth-order valence-electron chi connectivity index (χ4n) is 3.16. The summed E-state index contributed by atoms with van der Waals surface area (Å²) in [5.74, 6) is -0.879. The maximum Gasteiger partial charge on any atom is 0.573 e. The van der Waals surface area contributed by atoms with Gasteiger partial charge in [-0.15, -0.1) is 13.2 Å². The first-order chi connectivity index (χ1) is 16.9. The van der Waals surface area contributed by atoms with Crippen molar-refractivity contribution < 1.29 is 37.3 Å². The monoisotopic (exact) mass is 544 g/mol. The number of aliphatic carboxylic acids is 1. The minimum Gasteiger partial charge on any atom is -0.488 e. The molecule has 0 amide bonds. The van der Waals surface area contributed by atoms with Crippen molar-refractivity contribution in [3.63, 3.8) is 0 Å². The fourth-order valence-corrected chi connectivity index (χ4v) is 3.80. The Bertz CT molecular complexity index is 1200. The van der Waals surface area contributed by atoms with Gasteiger partial charge in [0.25, 0.3) is 0 Å². The number of anilines is 1. The van der Waals surface area contributed by atoms with Crippen LogP contribution in [-0.4, -0.2) is 23.5 Å². The summed E-state index contributed by atoms with van der Waals surface area (Å²) in [6, 6.07) is 12.1. The molecule has 1 atom stereocenters. The summed E-state index contributed by atoms with van der Waals surface area (Å²) < 4.78 is 52.4. The molecule has 12 heteroatoms. The zero-order chi connectivity index (χ0) is 26.5. The number of nitrogens with two attached hydrogens (primary N) is 2. The second-order valence-corrected chi connectivity index (χ2v) is 8.49. The molecule has 0 radical (unpaired) electrons. The van der Waals surface area contributed by atoms with Crippen LogP contribution in [-0.2, 0) is 24.4 Å². The first kappa shape index (κ1) is 27.3. The number of nitrogen functional groups attached to an aromatic ring is 1. The van der Waals surface area contributed by atoms with Crippen LogP contribution < -0.4 is 25.7 Å². The number of carboxylic acid groups (broad SMARTS) is 1. The lowest BCUT2D eigenvalue weighted by atomic mass is 10.1. The van der Waals surface area contributed by atoms with Gasteiger partial charge in [0.1, 0.15) is 30.8 Å². The number of carbonyl (C=O) groups is 1. The lowest BCUT2D eigenvalue weighted by Gasteiger charge is -2.16. The van der Waals surface area contributed by atoms with E-state index in [1.54, 1.807) is 18.2 Å². The average Bonchev–Trinajstić information content (AvgIpc) is 2.78. The van der Waals surface area contributed by atoms with E-state index >= 15 is 0 Å². The highest BCUT2D eigenvalue weighted by molar-refractivity contribution is 6.37. The van der Waals surface area contributed by atoms with Gasteiger partial charge in [0.05, 0.1) is 10.0 Å². The average molecular weight is 545 g/mol. The largest absolute Gasteiger partial charge is 0.573 e. The number of hydrogen-bond donors (Lipinski definition) is 3. The van der Waals surface area contributed by atoms with Crippen LogP contribution in [0, 0.1) is 0 Å². The molecule has 36 heavy (non-hydrogen) atoms. The number of ether oxygens (including phenoxy) is 3. The molecule has 0 aliphatic carbocycles. The van der Waals surface area contributed by atoms with E-state index in [1.807, 2.05) is 0 Å². The van der Waals surface area contributed by atoms with Crippen molar-refractivity contribution in [2.24, 2.45) is 5.73 Å². The molecule has 3 aromatic rings. The lowest BCUT2D eigenvalue weighted by molar-refractivity contribution is -0.274. The Balaban J connectivity index is 1.68. The molecule has 7 nitrogen and oxygen atoms in total. The van der Waals surface area contributed by atoms with Crippen LogP contribution in [0.25, 0.3) is 0 Å². The standard InChI is InChI=1S/C24H21Cl2F3N2O5/c25-18-7-14(9-20(31)23(32)33)8-19(26)22(18)35-12-15-10-16(30)3-6-21(15)34-11-13-1-4-17(5-2-13)36-24(27,28)29/h1-8,10,20H,9,11-12,30-31H2,(H,32,33)/t20-/m0/s1. The molecular formula is C24H21Cl2F3N2O5. The van der Waals surface area contributed by atoms with E-state index in [-0.39, 0.29) is 41.2 Å². The molecule has 0 unspecified atom stereocenters. The highest BCUT2D eigenvalue weighted by Gasteiger charge is 2.31. The molecule has 5 N–H and O–H groups in total. The van der Waals surface area contributed by atoms with Crippen LogP contribution in [0.2, 0.25) is 10.0 Å². The minimum atomic E-state index is -4.77. The Kier molecular flexibility index (Phi) is 8.78. The summed E-state index contributed by atoms with van der Waals surface area (Å²) in [4.78, 5) is 11.0. The number of alkyl halides is 3. The van der Waals surface area contributed by atoms with Gasteiger partial charge < -0.3 is 30.8 Å². The highest BCUT2D eigenvalue weighted by atomic mass is 35.5. The summed E-state index contributed by atoms with van der Waals surface area (Å²) >= 11 is 12.6. The van der Waals surface area contributed by atoms with Crippen LogP contribution in [0.3, 0.4) is 0 Å². The number of hydrogen-bond acceptors (Lipinski definition) is 6. The molecule has 192 valence electrons. The Morgan fingerprint density at radius 3 is 2.17 bits per heavy atom. The van der Waals surface area contributed by atoms with Crippen molar-refractivity contribution in [2.75, 3.05) is 5.73 Å². The first-order valence-corrected chi connectivity index (χ1v) is 11.1. The summed E-state index contributed by atoms with van der Waals surface area (Å²) in [5, 5.41) is 9.32. The maximum atomic E-state index is 12.3. The Labute approximate surface area is 214 Å². The zero-order valence-electron chi connectivity index (χ0n) is 18.5. The molecule has 3 aromatic carbocycles. The normalized spacial score (nSPS) is 12.2. The predicted molar refractivity (Wildman–Crippen MR) is 128 cm³/mol. The SMILES string of the molecule is Nc1ccc(OCc2ccc(OC(F)(F)F)cc2)c(COc2c(Cl)cc(C[C@H](N)C(=O)O)cc2Cl)c1. The van der Waals surface area contributed by atoms with Gasteiger partial charge in [-0.05, 0) is 60.0 Å². The van der Waals surface area contributed by atoms with Crippen molar-refractivity contribution >= 4 is 34.9 Å². The van der Waals surface area contributed by atoms with Gasteiger partial charge in [0, 0.05) is 11.3 Å². The van der Waals surface area contributed by atoms with E-state index in [2.05, 4.69) is 4.74 Å². The van der Waals surface area contributed by atoms with Gasteiger partial charge in [-0.3, -0.25) is 4.79 Å². The quantitative estimate of drug-likeness (QED) is 0.285. The molecule has 0 heterocycles. The third-order valence-corrected chi connectivity index (χ3v) is 5.40. The van der Waals surface area contributed by atoms with Crippen LogP contribution in [0.5, 0.6) is 17.2 Å². The van der Waals surface area contributed by atoms with Gasteiger partial charge in [-0.2, -0.15) is 0 Å². The number of halogens is 5. The zero-order valence-corrected chi connectivity index (χ0v) is 20.0. The molecule has 0 spiro atoms. The summed E-state index contributed by atoms with van der Waals surface area (Å²) in [6.07, 6.45) is -4.74. The van der Waals surface area contributed by atoms with E-state index in [0.717, 1.165) is 0 Å². The van der Waals surface area contributed by atoms with Crippen molar-refractivity contribution in [1.82, 2.24) is 0 Å². The summed E-state index contributed by atoms with van der Waals surface area (Å²) in [5.41, 5.74) is 13.6. The topological polar surface area (TPSA) is 117 Å². The van der Waals surface area contributed by atoms with Gasteiger partial charge in [0.2, 0.25) is 0 Å². The molecule has 0 fully saturated rings. The summed E-state index contributed by atoms with van der Waals surface area (Å²) in [6.45, 7) is 0.0371. The van der Waals surface area contributed by atoms with Crippen molar-refractivity contribution in [3.05, 3.63) is 81.3 Å². The van der Waals surface area contributed by atoms with Gasteiger partial charge >= 0.3 is 12.3 Å². The second kappa shape index (κ2) is 11.6. The molecule has 3 rings (SSSR count). The number of benzene rings is 3. The van der Waals surface area contributed by atoms with E-state index in [9.17, 15) is 18.0 Å². The molecule has 0 aliphatic rings. The predicted octanol–water partition coefficient (Wildman–Crippen LogP) is 5.59. The number of carboxylic acids is 1. The minimum absolute atomic E-state index is 0.0217. The van der Waals surface area contributed by atoms with Crippen LogP contribution in [0.1, 0.15) is 16.7 Å². The smallest absolute Gasteiger partial charge is 0.488 e. The van der Waals surface area contributed by atoms with E-state index in [4.69, 9.17) is 49.2 Å². The second-order valence-electron chi connectivity index (χ2n) is 7.67. The number of rotatable bonds is 10. The van der Waals surface area contributed by atoms with Crippen LogP contribution >= 0.6 is 23.2 Å². The van der Waals surface area contributed by atoms with Crippen molar-refractivity contribution in [2.45, 2.75) is 32.0 Å². The van der Waals surface area contributed by atoms with E-state index in [1.165, 1.54) is 36.4 Å². The molecule has 0 saturated heterocycles. The lowest BCUT2D eigenvalue weighted by Crippen LogP contribution is -2.32. The van der Waals surface area contributed by atoms with Crippen LogP contribution in [0.4, 0.5) is 18.9 Å². The summed E-state index contributed by atoms with van der Waals surface area (Å²) in [7, 11) is 0. The Morgan fingerprint density at radius 2 is 1.58 bits per heavy atom. The molecule has 0 aliphatic heterocycles. The molecule has 0 saturated carbocycles. The maximum absolute atomic E-state index is 12.3.